The quantitative estimate of drug-likeness (QED) is 0.715. The molecule has 0 amide bonds. The van der Waals surface area contributed by atoms with E-state index in [1.165, 1.54) is 6.42 Å². The monoisotopic (exact) mass is 239 g/mol. The van der Waals surface area contributed by atoms with Gasteiger partial charge in [-0.25, -0.2) is 0 Å². The number of nitrogens with zero attached hydrogens (tertiary/aromatic N) is 2. The highest BCUT2D eigenvalue weighted by Crippen LogP contribution is 2.13. The molecule has 1 fully saturated rings. The molecule has 0 radical (unpaired) electrons. The minimum absolute atomic E-state index is 0.351. The van der Waals surface area contributed by atoms with E-state index < -0.39 is 0 Å². The summed E-state index contributed by atoms with van der Waals surface area (Å²) in [7, 11) is 1.71. The van der Waals surface area contributed by atoms with Crippen molar-refractivity contribution in [2.75, 3.05) is 26.9 Å². The largest absolute Gasteiger partial charge is 0.383 e. The van der Waals surface area contributed by atoms with Crippen molar-refractivity contribution in [1.82, 2.24) is 15.1 Å². The average molecular weight is 239 g/mol. The predicted molar refractivity (Wildman–Crippen MR) is 64.8 cm³/mol. The van der Waals surface area contributed by atoms with Crippen molar-refractivity contribution >= 4 is 0 Å². The molecule has 1 aromatic heterocycles. The molecule has 1 aliphatic heterocycles. The molecule has 17 heavy (non-hydrogen) atoms. The highest BCUT2D eigenvalue weighted by molar-refractivity contribution is 4.98. The zero-order valence-electron chi connectivity index (χ0n) is 10.4. The number of aromatic nitrogens is 2. The Morgan fingerprint density at radius 3 is 3.35 bits per heavy atom. The van der Waals surface area contributed by atoms with E-state index in [0.29, 0.717) is 6.10 Å². The lowest BCUT2D eigenvalue weighted by molar-refractivity contribution is 0.0939. The molecular weight excluding hydrogens is 218 g/mol. The van der Waals surface area contributed by atoms with Crippen LogP contribution in [0.4, 0.5) is 0 Å². The zero-order valence-corrected chi connectivity index (χ0v) is 10.4. The van der Waals surface area contributed by atoms with Gasteiger partial charge in [0.05, 0.1) is 24.9 Å². The topological polar surface area (TPSA) is 48.3 Å². The van der Waals surface area contributed by atoms with E-state index in [1.54, 1.807) is 7.11 Å². The van der Waals surface area contributed by atoms with E-state index in [-0.39, 0.29) is 0 Å². The summed E-state index contributed by atoms with van der Waals surface area (Å²) in [5, 5.41) is 7.78. The van der Waals surface area contributed by atoms with Gasteiger partial charge in [-0.3, -0.25) is 4.68 Å². The zero-order chi connectivity index (χ0) is 11.9. The Labute approximate surface area is 102 Å². The van der Waals surface area contributed by atoms with Gasteiger partial charge in [-0.1, -0.05) is 0 Å². The van der Waals surface area contributed by atoms with Crippen LogP contribution in [-0.2, 0) is 22.6 Å². The molecule has 5 heteroatoms. The minimum atomic E-state index is 0.351. The van der Waals surface area contributed by atoms with Crippen LogP contribution in [0.1, 0.15) is 18.5 Å². The summed E-state index contributed by atoms with van der Waals surface area (Å²) >= 11 is 0. The smallest absolute Gasteiger partial charge is 0.0771 e. The van der Waals surface area contributed by atoms with Gasteiger partial charge in [0.25, 0.3) is 0 Å². The Hall–Kier alpha value is -0.910. The Morgan fingerprint density at radius 1 is 1.65 bits per heavy atom. The lowest BCUT2D eigenvalue weighted by Gasteiger charge is -2.08. The Balaban J connectivity index is 1.71. The fourth-order valence-electron chi connectivity index (χ4n) is 1.99. The highest BCUT2D eigenvalue weighted by atomic mass is 16.5. The fraction of sp³-hybridized carbons (Fsp3) is 0.750. The molecule has 0 bridgehead atoms. The van der Waals surface area contributed by atoms with Crippen LogP contribution in [0.25, 0.3) is 0 Å². The molecule has 5 nitrogen and oxygen atoms in total. The van der Waals surface area contributed by atoms with Crippen LogP contribution in [0.2, 0.25) is 0 Å². The van der Waals surface area contributed by atoms with Gasteiger partial charge >= 0.3 is 0 Å². The normalized spacial score (nSPS) is 19.9. The van der Waals surface area contributed by atoms with E-state index in [2.05, 4.69) is 16.5 Å². The summed E-state index contributed by atoms with van der Waals surface area (Å²) in [5.74, 6) is 0. The average Bonchev–Trinajstić information content (AvgIpc) is 2.97. The Kier molecular flexibility index (Phi) is 4.97. The van der Waals surface area contributed by atoms with Gasteiger partial charge in [0, 0.05) is 33.0 Å². The van der Waals surface area contributed by atoms with E-state index in [1.807, 2.05) is 10.9 Å². The van der Waals surface area contributed by atoms with Gasteiger partial charge in [-0.2, -0.15) is 5.10 Å². The third kappa shape index (κ3) is 4.11. The number of nitrogens with one attached hydrogen (secondary N) is 1. The molecule has 0 aromatic carbocycles. The van der Waals surface area contributed by atoms with Crippen molar-refractivity contribution < 1.29 is 9.47 Å². The van der Waals surface area contributed by atoms with Crippen LogP contribution >= 0.6 is 0 Å². The van der Waals surface area contributed by atoms with E-state index in [0.717, 1.165) is 45.0 Å². The summed E-state index contributed by atoms with van der Waals surface area (Å²) in [4.78, 5) is 0. The molecule has 1 saturated heterocycles. The van der Waals surface area contributed by atoms with Crippen LogP contribution < -0.4 is 5.32 Å². The number of rotatable bonds is 7. The molecule has 1 N–H and O–H groups in total. The van der Waals surface area contributed by atoms with Crippen LogP contribution in [0.5, 0.6) is 0 Å². The van der Waals surface area contributed by atoms with E-state index in [4.69, 9.17) is 9.47 Å². The first-order chi connectivity index (χ1) is 8.38. The van der Waals surface area contributed by atoms with Crippen LogP contribution in [0, 0.1) is 0 Å². The molecule has 1 unspecified atom stereocenters. The maximum atomic E-state index is 5.59. The molecular formula is C12H21N3O2. The molecule has 1 atom stereocenters. The fourth-order valence-corrected chi connectivity index (χ4v) is 1.99. The van der Waals surface area contributed by atoms with Gasteiger partial charge in [0.15, 0.2) is 0 Å². The number of methoxy groups -OCH3 is 1. The predicted octanol–water partition coefficient (Wildman–Crippen LogP) is 0.798. The molecule has 2 rings (SSSR count). The number of hydrogen-bond acceptors (Lipinski definition) is 4. The first kappa shape index (κ1) is 12.5. The number of ether oxygens (including phenoxy) is 2. The van der Waals surface area contributed by atoms with Gasteiger partial charge < -0.3 is 14.8 Å². The summed E-state index contributed by atoms with van der Waals surface area (Å²) in [5.41, 5.74) is 1.07. The van der Waals surface area contributed by atoms with Gasteiger partial charge in [0.1, 0.15) is 0 Å². The lowest BCUT2D eigenvalue weighted by atomic mass is 10.2. The SMILES string of the molecule is COCCNCc1ccn(CC2CCCO2)n1. The van der Waals surface area contributed by atoms with Crippen molar-refractivity contribution in [2.24, 2.45) is 0 Å². The van der Waals surface area contributed by atoms with Crippen molar-refractivity contribution in [2.45, 2.75) is 32.0 Å². The highest BCUT2D eigenvalue weighted by Gasteiger charge is 2.16. The Bertz CT molecular complexity index is 321. The first-order valence-corrected chi connectivity index (χ1v) is 6.22. The van der Waals surface area contributed by atoms with Crippen LogP contribution in [0.15, 0.2) is 12.3 Å². The molecule has 2 heterocycles. The maximum absolute atomic E-state index is 5.59. The molecule has 1 aromatic rings. The van der Waals surface area contributed by atoms with Crippen molar-refractivity contribution in [3.8, 4) is 0 Å². The van der Waals surface area contributed by atoms with Crippen LogP contribution in [0.3, 0.4) is 0 Å². The van der Waals surface area contributed by atoms with E-state index >= 15 is 0 Å². The van der Waals surface area contributed by atoms with E-state index in [9.17, 15) is 0 Å². The van der Waals surface area contributed by atoms with Gasteiger partial charge in [-0.05, 0) is 18.9 Å². The number of hydrogen-bond donors (Lipinski definition) is 1. The van der Waals surface area contributed by atoms with Crippen molar-refractivity contribution in [3.05, 3.63) is 18.0 Å². The maximum Gasteiger partial charge on any atom is 0.0771 e. The molecule has 0 spiro atoms. The molecule has 0 aliphatic carbocycles. The first-order valence-electron chi connectivity index (χ1n) is 6.22. The minimum Gasteiger partial charge on any atom is -0.383 e. The third-order valence-electron chi connectivity index (χ3n) is 2.90. The molecule has 0 saturated carbocycles. The summed E-state index contributed by atoms with van der Waals surface area (Å²) in [6.07, 6.45) is 4.71. The second kappa shape index (κ2) is 6.74. The summed E-state index contributed by atoms with van der Waals surface area (Å²) in [6, 6.07) is 2.05. The summed E-state index contributed by atoms with van der Waals surface area (Å²) < 4.78 is 12.5. The molecule has 1 aliphatic rings. The second-order valence-corrected chi connectivity index (χ2v) is 4.33. The van der Waals surface area contributed by atoms with Gasteiger partial charge in [-0.15, -0.1) is 0 Å². The van der Waals surface area contributed by atoms with Crippen LogP contribution in [-0.4, -0.2) is 42.8 Å². The Morgan fingerprint density at radius 2 is 2.59 bits per heavy atom. The molecule has 96 valence electrons. The standard InChI is InChI=1S/C12H21N3O2/c1-16-8-5-13-9-11-4-6-15(14-11)10-12-3-2-7-17-12/h4,6,12-13H,2-3,5,7-10H2,1H3. The van der Waals surface area contributed by atoms with Crippen molar-refractivity contribution in [1.29, 1.82) is 0 Å². The second-order valence-electron chi connectivity index (χ2n) is 4.33. The summed E-state index contributed by atoms with van der Waals surface area (Å²) in [6.45, 7) is 4.16. The van der Waals surface area contributed by atoms with Gasteiger partial charge in [0.2, 0.25) is 0 Å². The van der Waals surface area contributed by atoms with Crippen molar-refractivity contribution in [3.63, 3.8) is 0 Å². The third-order valence-corrected chi connectivity index (χ3v) is 2.90. The lowest BCUT2D eigenvalue weighted by Crippen LogP contribution is -2.19.